The predicted molar refractivity (Wildman–Crippen MR) is 173 cm³/mol. The molecule has 4 atom stereocenters. The van der Waals surface area contributed by atoms with Crippen molar-refractivity contribution >= 4 is 5.91 Å². The lowest BCUT2D eigenvalue weighted by atomic mass is 10.00. The van der Waals surface area contributed by atoms with E-state index in [1.54, 1.807) is 0 Å². The Morgan fingerprint density at radius 3 is 1.46 bits per heavy atom. The molecule has 244 valence electrons. The molecule has 0 rings (SSSR count). The lowest BCUT2D eigenvalue weighted by Crippen LogP contribution is -2.53. The maximum absolute atomic E-state index is 12.4. The minimum absolute atomic E-state index is 0.367. The molecule has 6 heteroatoms. The van der Waals surface area contributed by atoms with Gasteiger partial charge in [-0.2, -0.15) is 0 Å². The number of amides is 1. The molecule has 0 aromatic carbocycles. The van der Waals surface area contributed by atoms with E-state index in [2.05, 4.69) is 31.3 Å². The number of nitrogens with one attached hydrogen (secondary N) is 1. The van der Waals surface area contributed by atoms with Gasteiger partial charge in [-0.05, 0) is 38.5 Å². The Bertz CT molecular complexity index is 585. The molecule has 41 heavy (non-hydrogen) atoms. The van der Waals surface area contributed by atoms with Gasteiger partial charge in [0.15, 0.2) is 0 Å². The number of hydrogen-bond donors (Lipinski definition) is 5. The molecule has 0 radical (unpaired) electrons. The molecule has 2 unspecified atom stereocenters. The second-order valence-corrected chi connectivity index (χ2v) is 12.2. The highest BCUT2D eigenvalue weighted by atomic mass is 16.3. The number of aliphatic hydroxyl groups is 4. The van der Waals surface area contributed by atoms with Gasteiger partial charge in [0.05, 0.1) is 18.8 Å². The zero-order valence-corrected chi connectivity index (χ0v) is 27.0. The second-order valence-electron chi connectivity index (χ2n) is 12.2. The molecule has 0 aromatic rings. The van der Waals surface area contributed by atoms with Crippen LogP contribution in [-0.2, 0) is 4.79 Å². The van der Waals surface area contributed by atoms with Crippen LogP contribution in [0.4, 0.5) is 0 Å². The molecule has 0 aliphatic carbocycles. The fourth-order valence-electron chi connectivity index (χ4n) is 5.34. The average Bonchev–Trinajstić information content (AvgIpc) is 2.98. The highest BCUT2D eigenvalue weighted by molar-refractivity contribution is 5.80. The van der Waals surface area contributed by atoms with Crippen molar-refractivity contribution in [2.24, 2.45) is 0 Å². The fraction of sp³-hybridized carbons (Fsp3) is 0.914. The van der Waals surface area contributed by atoms with E-state index in [0.29, 0.717) is 12.8 Å². The Labute approximate surface area is 253 Å². The lowest BCUT2D eigenvalue weighted by molar-refractivity contribution is -0.132. The van der Waals surface area contributed by atoms with E-state index < -0.39 is 36.9 Å². The van der Waals surface area contributed by atoms with Crippen LogP contribution in [0.15, 0.2) is 12.2 Å². The van der Waals surface area contributed by atoms with Crippen LogP contribution in [-0.4, -0.2) is 57.3 Å². The summed E-state index contributed by atoms with van der Waals surface area (Å²) in [6.07, 6.45) is 29.6. The molecular formula is C35H69NO5. The monoisotopic (exact) mass is 584 g/mol. The number of allylic oxidation sites excluding steroid dienone is 2. The summed E-state index contributed by atoms with van der Waals surface area (Å²) in [6.45, 7) is 3.96. The molecule has 0 aliphatic rings. The SMILES string of the molecule is CCCCC/C=C/CCCC(O)[C@@H](O)C(CO)NC(=O)[C@H](O)CCCCCCCCCCCCCCCCCCC. The third-order valence-corrected chi connectivity index (χ3v) is 8.23. The van der Waals surface area contributed by atoms with E-state index >= 15 is 0 Å². The average molecular weight is 584 g/mol. The molecule has 1 amide bonds. The molecule has 0 spiro atoms. The van der Waals surface area contributed by atoms with Crippen LogP contribution in [0.25, 0.3) is 0 Å². The zero-order chi connectivity index (χ0) is 30.4. The summed E-state index contributed by atoms with van der Waals surface area (Å²) < 4.78 is 0. The summed E-state index contributed by atoms with van der Waals surface area (Å²) in [6, 6.07) is -0.993. The van der Waals surface area contributed by atoms with Crippen LogP contribution in [0.5, 0.6) is 0 Å². The van der Waals surface area contributed by atoms with Crippen LogP contribution in [0.2, 0.25) is 0 Å². The van der Waals surface area contributed by atoms with Gasteiger partial charge in [-0.1, -0.05) is 148 Å². The van der Waals surface area contributed by atoms with Crippen LogP contribution < -0.4 is 5.32 Å². The van der Waals surface area contributed by atoms with Crippen molar-refractivity contribution in [2.45, 2.75) is 199 Å². The number of rotatable bonds is 31. The van der Waals surface area contributed by atoms with Gasteiger partial charge in [-0.25, -0.2) is 0 Å². The summed E-state index contributed by atoms with van der Waals surface area (Å²) in [5, 5.41) is 43.1. The van der Waals surface area contributed by atoms with Gasteiger partial charge in [0.2, 0.25) is 5.91 Å². The highest BCUT2D eigenvalue weighted by Crippen LogP contribution is 2.15. The van der Waals surface area contributed by atoms with Gasteiger partial charge in [0.25, 0.3) is 0 Å². The lowest BCUT2D eigenvalue weighted by Gasteiger charge is -2.27. The van der Waals surface area contributed by atoms with E-state index in [1.165, 1.54) is 109 Å². The van der Waals surface area contributed by atoms with Crippen LogP contribution >= 0.6 is 0 Å². The topological polar surface area (TPSA) is 110 Å². The first-order valence-electron chi connectivity index (χ1n) is 17.6. The van der Waals surface area contributed by atoms with Crippen LogP contribution in [0, 0.1) is 0 Å². The molecule has 0 aromatic heterocycles. The summed E-state index contributed by atoms with van der Waals surface area (Å²) in [7, 11) is 0. The number of carbonyl (C=O) groups excluding carboxylic acids is 1. The minimum Gasteiger partial charge on any atom is -0.394 e. The molecule has 6 nitrogen and oxygen atoms in total. The third-order valence-electron chi connectivity index (χ3n) is 8.23. The predicted octanol–water partition coefficient (Wildman–Crippen LogP) is 7.89. The quantitative estimate of drug-likeness (QED) is 0.0421. The van der Waals surface area contributed by atoms with E-state index in [1.807, 2.05) is 0 Å². The first kappa shape index (κ1) is 40.1. The third kappa shape index (κ3) is 25.3. The Morgan fingerprint density at radius 1 is 0.585 bits per heavy atom. The molecule has 0 bridgehead atoms. The number of carbonyl (C=O) groups is 1. The fourth-order valence-corrected chi connectivity index (χ4v) is 5.34. The van der Waals surface area contributed by atoms with Crippen molar-refractivity contribution in [3.63, 3.8) is 0 Å². The maximum atomic E-state index is 12.4. The molecule has 0 saturated carbocycles. The molecule has 0 fully saturated rings. The Hall–Kier alpha value is -0.950. The Kier molecular flexibility index (Phi) is 29.8. The van der Waals surface area contributed by atoms with Gasteiger partial charge in [-0.3, -0.25) is 4.79 Å². The van der Waals surface area contributed by atoms with E-state index in [4.69, 9.17) is 0 Å². The summed E-state index contributed by atoms with van der Waals surface area (Å²) in [5.74, 6) is -0.596. The van der Waals surface area contributed by atoms with Gasteiger partial charge in [-0.15, -0.1) is 0 Å². The molecule has 0 heterocycles. The maximum Gasteiger partial charge on any atom is 0.249 e. The van der Waals surface area contributed by atoms with Crippen LogP contribution in [0.1, 0.15) is 174 Å². The molecular weight excluding hydrogens is 514 g/mol. The van der Waals surface area contributed by atoms with Crippen molar-refractivity contribution in [1.82, 2.24) is 5.32 Å². The molecule has 0 aliphatic heterocycles. The molecule has 0 saturated heterocycles. The second kappa shape index (κ2) is 30.5. The van der Waals surface area contributed by atoms with E-state index in [9.17, 15) is 25.2 Å². The standard InChI is InChI=1S/C35H69NO5/c1-3-5-7-9-11-13-14-15-16-17-18-19-20-21-23-25-27-29-33(39)35(41)36-31(30-37)34(40)32(38)28-26-24-22-12-10-8-6-4-2/h12,22,31-34,37-40H,3-11,13-21,23-30H2,1-2H3,(H,36,41)/b22-12+/t31?,32?,33-,34+/m1/s1. The van der Waals surface area contributed by atoms with Crippen molar-refractivity contribution in [2.75, 3.05) is 6.61 Å². The minimum atomic E-state index is -1.27. The first-order valence-corrected chi connectivity index (χ1v) is 17.6. The Balaban J connectivity index is 3.78. The summed E-state index contributed by atoms with van der Waals surface area (Å²) in [5.41, 5.74) is 0. The van der Waals surface area contributed by atoms with Gasteiger partial charge in [0, 0.05) is 0 Å². The first-order chi connectivity index (χ1) is 20.0. The summed E-state index contributed by atoms with van der Waals surface area (Å²) in [4.78, 5) is 12.4. The zero-order valence-electron chi connectivity index (χ0n) is 27.0. The van der Waals surface area contributed by atoms with E-state index in [0.717, 1.165) is 38.5 Å². The summed E-state index contributed by atoms with van der Waals surface area (Å²) >= 11 is 0. The van der Waals surface area contributed by atoms with Crippen LogP contribution in [0.3, 0.4) is 0 Å². The number of hydrogen-bond acceptors (Lipinski definition) is 5. The Morgan fingerprint density at radius 2 is 1.00 bits per heavy atom. The molecule has 5 N–H and O–H groups in total. The van der Waals surface area contributed by atoms with Gasteiger partial charge in [0.1, 0.15) is 12.2 Å². The van der Waals surface area contributed by atoms with Crippen molar-refractivity contribution < 1.29 is 25.2 Å². The van der Waals surface area contributed by atoms with Gasteiger partial charge < -0.3 is 25.7 Å². The van der Waals surface area contributed by atoms with Gasteiger partial charge >= 0.3 is 0 Å². The van der Waals surface area contributed by atoms with Crippen molar-refractivity contribution in [3.8, 4) is 0 Å². The van der Waals surface area contributed by atoms with E-state index in [-0.39, 0.29) is 0 Å². The number of unbranched alkanes of at least 4 members (excludes halogenated alkanes) is 20. The largest absolute Gasteiger partial charge is 0.394 e. The highest BCUT2D eigenvalue weighted by Gasteiger charge is 2.28. The number of aliphatic hydroxyl groups excluding tert-OH is 4. The van der Waals surface area contributed by atoms with Crippen molar-refractivity contribution in [1.29, 1.82) is 0 Å². The smallest absolute Gasteiger partial charge is 0.249 e. The normalized spacial score (nSPS) is 14.8. The van der Waals surface area contributed by atoms with Crippen molar-refractivity contribution in [3.05, 3.63) is 12.2 Å².